The summed E-state index contributed by atoms with van der Waals surface area (Å²) in [5, 5.41) is 21.1. The molecule has 1 unspecified atom stereocenters. The van der Waals surface area contributed by atoms with Crippen molar-refractivity contribution >= 4 is 11.9 Å². The Hall–Kier alpha value is 0.940. The van der Waals surface area contributed by atoms with Crippen molar-refractivity contribution in [3.8, 4) is 0 Å². The normalized spacial score (nSPS) is 11.5. The molecule has 0 saturated heterocycles. The topological polar surface area (TPSA) is 80.3 Å². The molecule has 0 aromatic heterocycles. The first kappa shape index (κ1) is 47.3. The molecular formula is C36H68Na2O4. The molecule has 0 rings (SSSR count). The van der Waals surface area contributed by atoms with Gasteiger partial charge in [0.1, 0.15) is 0 Å². The van der Waals surface area contributed by atoms with Crippen molar-refractivity contribution in [2.45, 2.75) is 212 Å². The Morgan fingerprint density at radius 2 is 0.595 bits per heavy atom. The van der Waals surface area contributed by atoms with Gasteiger partial charge in [0.25, 0.3) is 0 Å². The number of carboxylic acids is 2. The Morgan fingerprint density at radius 3 is 0.857 bits per heavy atom. The van der Waals surface area contributed by atoms with Crippen molar-refractivity contribution in [2.75, 3.05) is 0 Å². The van der Waals surface area contributed by atoms with Crippen LogP contribution >= 0.6 is 0 Å². The van der Waals surface area contributed by atoms with E-state index in [1.165, 1.54) is 161 Å². The van der Waals surface area contributed by atoms with Crippen LogP contribution in [0.1, 0.15) is 212 Å². The van der Waals surface area contributed by atoms with Crippen LogP contribution in [0.2, 0.25) is 0 Å². The number of carbonyl (C=O) groups excluding carboxylic acids is 2. The second-order valence-electron chi connectivity index (χ2n) is 12.7. The maximum Gasteiger partial charge on any atom is 1.00 e. The number of carboxylic acid groups (broad SMARTS) is 2. The zero-order chi connectivity index (χ0) is 29.4. The van der Waals surface area contributed by atoms with E-state index in [1.807, 2.05) is 0 Å². The third-order valence-corrected chi connectivity index (χ3v) is 8.70. The minimum atomic E-state index is -0.912. The molecule has 1 atom stereocenters. The summed E-state index contributed by atoms with van der Waals surface area (Å²) in [6.07, 6.45) is 39.2. The summed E-state index contributed by atoms with van der Waals surface area (Å²) < 4.78 is 0. The Balaban J connectivity index is -0.00000760. The van der Waals surface area contributed by atoms with Gasteiger partial charge in [-0.15, -0.1) is 0 Å². The van der Waals surface area contributed by atoms with E-state index < -0.39 is 11.9 Å². The quantitative estimate of drug-likeness (QED) is 0.0824. The van der Waals surface area contributed by atoms with Crippen LogP contribution < -0.4 is 69.3 Å². The van der Waals surface area contributed by atoms with Gasteiger partial charge in [-0.2, -0.15) is 0 Å². The second kappa shape index (κ2) is 40.0. The van der Waals surface area contributed by atoms with Crippen molar-refractivity contribution in [1.29, 1.82) is 0 Å². The summed E-state index contributed by atoms with van der Waals surface area (Å²) in [4.78, 5) is 21.1. The molecule has 0 aliphatic rings. The van der Waals surface area contributed by atoms with Gasteiger partial charge in [-0.1, -0.05) is 187 Å². The van der Waals surface area contributed by atoms with Gasteiger partial charge in [-0.05, 0) is 31.6 Å². The number of carbonyl (C=O) groups is 2. The van der Waals surface area contributed by atoms with Crippen molar-refractivity contribution in [2.24, 2.45) is 5.92 Å². The van der Waals surface area contributed by atoms with Gasteiger partial charge in [-0.3, -0.25) is 0 Å². The van der Waals surface area contributed by atoms with E-state index >= 15 is 0 Å². The fourth-order valence-electron chi connectivity index (χ4n) is 6.06. The molecule has 0 radical (unpaired) electrons. The molecule has 0 spiro atoms. The predicted molar refractivity (Wildman–Crippen MR) is 167 cm³/mol. The summed E-state index contributed by atoms with van der Waals surface area (Å²) in [7, 11) is 0. The fraction of sp³-hybridized carbons (Fsp3) is 0.944. The largest absolute Gasteiger partial charge is 1.00 e. The Morgan fingerprint density at radius 1 is 0.381 bits per heavy atom. The first-order valence-electron chi connectivity index (χ1n) is 18.0. The van der Waals surface area contributed by atoms with Crippen LogP contribution in [0, 0.1) is 5.92 Å². The molecule has 238 valence electrons. The number of aliphatic carboxylic acids is 2. The van der Waals surface area contributed by atoms with Crippen LogP contribution in [-0.4, -0.2) is 11.9 Å². The van der Waals surface area contributed by atoms with Crippen molar-refractivity contribution < 1.29 is 78.9 Å². The fourth-order valence-corrected chi connectivity index (χ4v) is 6.06. The number of hydrogen-bond donors (Lipinski definition) is 0. The monoisotopic (exact) mass is 610 g/mol. The van der Waals surface area contributed by atoms with Crippen LogP contribution in [0.4, 0.5) is 0 Å². The predicted octanol–water partition coefficient (Wildman–Crippen LogP) is 3.61. The maximum absolute atomic E-state index is 10.7. The van der Waals surface area contributed by atoms with E-state index in [2.05, 4.69) is 6.92 Å². The Kier molecular flexibility index (Phi) is 45.1. The van der Waals surface area contributed by atoms with Gasteiger partial charge in [0.05, 0.1) is 0 Å². The molecule has 42 heavy (non-hydrogen) atoms. The number of hydrogen-bond acceptors (Lipinski definition) is 4. The van der Waals surface area contributed by atoms with E-state index in [4.69, 9.17) is 0 Å². The van der Waals surface area contributed by atoms with Crippen LogP contribution in [0.5, 0.6) is 0 Å². The van der Waals surface area contributed by atoms with Gasteiger partial charge in [0.2, 0.25) is 0 Å². The Bertz CT molecular complexity index is 544. The molecule has 0 N–H and O–H groups in total. The molecule has 0 fully saturated rings. The zero-order valence-corrected chi connectivity index (χ0v) is 32.8. The first-order valence-corrected chi connectivity index (χ1v) is 18.0. The molecule has 0 bridgehead atoms. The summed E-state index contributed by atoms with van der Waals surface area (Å²) in [5.41, 5.74) is 0. The minimum absolute atomic E-state index is 0. The Labute approximate surface area is 306 Å². The molecular weight excluding hydrogens is 542 g/mol. The minimum Gasteiger partial charge on any atom is -0.550 e. The standard InChI is InChI=1S/C36H70O4.2Na/c1-2-3-4-5-6-14-17-20-24-29-34(31-26-23-28-33-36(39)40)30-25-21-18-15-12-10-8-7-9-11-13-16-19-22-27-32-35(37)38;;/h34H,2-33H2,1H3,(H,37,38)(H,39,40);;/q;2*+1/p-2. The first-order chi connectivity index (χ1) is 19.6. The average Bonchev–Trinajstić information content (AvgIpc) is 2.92. The van der Waals surface area contributed by atoms with Gasteiger partial charge < -0.3 is 19.8 Å². The van der Waals surface area contributed by atoms with E-state index in [-0.39, 0.29) is 72.0 Å². The number of rotatable bonds is 34. The number of unbranched alkanes of at least 4 members (excludes halogenated alkanes) is 24. The van der Waals surface area contributed by atoms with Crippen LogP contribution in [0.3, 0.4) is 0 Å². The van der Waals surface area contributed by atoms with E-state index in [0.717, 1.165) is 38.0 Å². The summed E-state index contributed by atoms with van der Waals surface area (Å²) in [5.74, 6) is -0.970. The molecule has 0 amide bonds. The SMILES string of the molecule is CCCCCCCCCCCC(CCCCCCCCCCCCCCCCCC(=O)[O-])CCCCCC(=O)[O-].[Na+].[Na+]. The van der Waals surface area contributed by atoms with E-state index in [9.17, 15) is 19.8 Å². The molecule has 0 heterocycles. The molecule has 6 heteroatoms. The van der Waals surface area contributed by atoms with Crippen LogP contribution in [0.15, 0.2) is 0 Å². The molecule has 0 aliphatic carbocycles. The second-order valence-corrected chi connectivity index (χ2v) is 12.7. The third kappa shape index (κ3) is 40.9. The van der Waals surface area contributed by atoms with Crippen molar-refractivity contribution in [3.05, 3.63) is 0 Å². The van der Waals surface area contributed by atoms with Gasteiger partial charge in [0.15, 0.2) is 0 Å². The summed E-state index contributed by atoms with van der Waals surface area (Å²) in [6.45, 7) is 2.28. The van der Waals surface area contributed by atoms with Crippen molar-refractivity contribution in [3.63, 3.8) is 0 Å². The van der Waals surface area contributed by atoms with Gasteiger partial charge in [-0.25, -0.2) is 0 Å². The van der Waals surface area contributed by atoms with Gasteiger partial charge in [0, 0.05) is 11.9 Å². The van der Waals surface area contributed by atoms with Gasteiger partial charge >= 0.3 is 59.1 Å². The smallest absolute Gasteiger partial charge is 0.550 e. The molecule has 0 aliphatic heterocycles. The average molecular weight is 611 g/mol. The molecule has 0 saturated carbocycles. The molecule has 0 aromatic rings. The van der Waals surface area contributed by atoms with Crippen LogP contribution in [-0.2, 0) is 9.59 Å². The zero-order valence-electron chi connectivity index (χ0n) is 28.8. The molecule has 4 nitrogen and oxygen atoms in total. The maximum atomic E-state index is 10.7. The van der Waals surface area contributed by atoms with E-state index in [1.54, 1.807) is 0 Å². The summed E-state index contributed by atoms with van der Waals surface area (Å²) in [6, 6.07) is 0. The van der Waals surface area contributed by atoms with Crippen LogP contribution in [0.25, 0.3) is 0 Å². The summed E-state index contributed by atoms with van der Waals surface area (Å²) >= 11 is 0. The van der Waals surface area contributed by atoms with E-state index in [0.29, 0.717) is 0 Å². The molecule has 0 aromatic carbocycles. The van der Waals surface area contributed by atoms with Crippen molar-refractivity contribution in [1.82, 2.24) is 0 Å². The third-order valence-electron chi connectivity index (χ3n) is 8.70.